The van der Waals surface area contributed by atoms with Crippen LogP contribution in [0.15, 0.2) is 48.7 Å². The van der Waals surface area contributed by atoms with Crippen molar-refractivity contribution in [2.75, 3.05) is 25.0 Å². The smallest absolute Gasteiger partial charge is 0.227 e. The second-order valence-electron chi connectivity index (χ2n) is 9.28. The van der Waals surface area contributed by atoms with Gasteiger partial charge in [0.2, 0.25) is 5.91 Å². The first-order chi connectivity index (χ1) is 15.7. The summed E-state index contributed by atoms with van der Waals surface area (Å²) in [4.78, 5) is 15.4. The Labute approximate surface area is 194 Å². The maximum absolute atomic E-state index is 12.9. The number of fused-ring (bicyclic) bond motifs is 1. The molecule has 0 radical (unpaired) electrons. The number of aromatic nitrogens is 2. The summed E-state index contributed by atoms with van der Waals surface area (Å²) in [7, 11) is 0. The summed E-state index contributed by atoms with van der Waals surface area (Å²) in [5.41, 5.74) is 3.33. The van der Waals surface area contributed by atoms with E-state index in [9.17, 15) is 4.79 Å². The van der Waals surface area contributed by atoms with Gasteiger partial charge in [0.05, 0.1) is 18.3 Å². The van der Waals surface area contributed by atoms with Crippen molar-refractivity contribution in [3.63, 3.8) is 0 Å². The maximum Gasteiger partial charge on any atom is 0.227 e. The van der Waals surface area contributed by atoms with E-state index in [2.05, 4.69) is 38.2 Å². The van der Waals surface area contributed by atoms with Gasteiger partial charge in [-0.2, -0.15) is 5.10 Å². The van der Waals surface area contributed by atoms with Crippen molar-refractivity contribution < 1.29 is 4.79 Å². The topological polar surface area (TPSA) is 50.2 Å². The van der Waals surface area contributed by atoms with Crippen LogP contribution in [0, 0.1) is 5.92 Å². The Balaban J connectivity index is 1.16. The zero-order valence-corrected chi connectivity index (χ0v) is 19.2. The van der Waals surface area contributed by atoms with Crippen LogP contribution in [-0.4, -0.2) is 40.2 Å². The minimum Gasteiger partial charge on any atom is -0.326 e. The van der Waals surface area contributed by atoms with Crippen LogP contribution in [0.2, 0.25) is 5.02 Å². The van der Waals surface area contributed by atoms with Crippen molar-refractivity contribution in [2.45, 2.75) is 51.0 Å². The summed E-state index contributed by atoms with van der Waals surface area (Å²) in [6, 6.07) is 14.3. The zero-order valence-electron chi connectivity index (χ0n) is 18.5. The van der Waals surface area contributed by atoms with Gasteiger partial charge in [0.25, 0.3) is 0 Å². The van der Waals surface area contributed by atoms with Gasteiger partial charge in [-0.05, 0) is 93.4 Å². The van der Waals surface area contributed by atoms with Crippen LogP contribution in [0.1, 0.15) is 50.0 Å². The number of rotatable bonds is 6. The number of hydrogen-bond acceptors (Lipinski definition) is 3. The highest BCUT2D eigenvalue weighted by molar-refractivity contribution is 6.30. The number of hydrogen-bond donors (Lipinski definition) is 1. The highest BCUT2D eigenvalue weighted by Crippen LogP contribution is 2.36. The molecule has 1 amide bonds. The maximum atomic E-state index is 12.9. The van der Waals surface area contributed by atoms with E-state index in [-0.39, 0.29) is 11.8 Å². The van der Waals surface area contributed by atoms with Gasteiger partial charge in [-0.15, -0.1) is 0 Å². The summed E-state index contributed by atoms with van der Waals surface area (Å²) in [5.74, 6) is 0.747. The van der Waals surface area contributed by atoms with E-state index < -0.39 is 0 Å². The number of carbonyl (C=O) groups excluding carboxylic acids is 1. The molecule has 0 atom stereocenters. The average molecular weight is 451 g/mol. The van der Waals surface area contributed by atoms with Gasteiger partial charge in [-0.1, -0.05) is 23.7 Å². The van der Waals surface area contributed by atoms with Gasteiger partial charge in [0.1, 0.15) is 0 Å². The van der Waals surface area contributed by atoms with E-state index >= 15 is 0 Å². The summed E-state index contributed by atoms with van der Waals surface area (Å²) >= 11 is 6.01. The normalized spacial score (nSPS) is 21.8. The van der Waals surface area contributed by atoms with Gasteiger partial charge >= 0.3 is 0 Å². The van der Waals surface area contributed by atoms with Crippen molar-refractivity contribution in [2.24, 2.45) is 5.92 Å². The molecule has 3 aromatic rings. The number of amides is 1. The highest BCUT2D eigenvalue weighted by Gasteiger charge is 2.27. The summed E-state index contributed by atoms with van der Waals surface area (Å²) in [6.07, 6.45) is 8.47. The van der Waals surface area contributed by atoms with Gasteiger partial charge in [-0.25, -0.2) is 0 Å². The number of nitrogens with one attached hydrogen (secondary N) is 1. The molecule has 2 fully saturated rings. The molecule has 1 saturated carbocycles. The third-order valence-electron chi connectivity index (χ3n) is 7.18. The molecule has 1 saturated heterocycles. The Morgan fingerprint density at radius 1 is 1.00 bits per heavy atom. The third kappa shape index (κ3) is 4.84. The van der Waals surface area contributed by atoms with Gasteiger partial charge in [0, 0.05) is 28.6 Å². The third-order valence-corrected chi connectivity index (χ3v) is 7.43. The Morgan fingerprint density at radius 3 is 2.50 bits per heavy atom. The van der Waals surface area contributed by atoms with Gasteiger partial charge in [-0.3, -0.25) is 9.48 Å². The largest absolute Gasteiger partial charge is 0.326 e. The SMILES string of the molecule is O=C(Nc1ccc2c(cnn2CCN2CCCC2)c1)C1CCC(c2ccc(Cl)cc2)CC1. The van der Waals surface area contributed by atoms with Crippen molar-refractivity contribution in [1.29, 1.82) is 0 Å². The molecule has 1 aliphatic heterocycles. The second kappa shape index (κ2) is 9.63. The fourth-order valence-corrected chi connectivity index (χ4v) is 5.38. The van der Waals surface area contributed by atoms with E-state index in [1.807, 2.05) is 30.5 Å². The zero-order chi connectivity index (χ0) is 21.9. The Bertz CT molecular complexity index is 1060. The Hall–Kier alpha value is -2.37. The van der Waals surface area contributed by atoms with Crippen LogP contribution in [0.3, 0.4) is 0 Å². The molecule has 0 unspecified atom stereocenters. The van der Waals surface area contributed by atoms with Crippen molar-refractivity contribution in [1.82, 2.24) is 14.7 Å². The van der Waals surface area contributed by atoms with Crippen LogP contribution in [0.5, 0.6) is 0 Å². The molecule has 6 heteroatoms. The molecular formula is C26H31ClN4O. The van der Waals surface area contributed by atoms with E-state index in [4.69, 9.17) is 11.6 Å². The Kier molecular flexibility index (Phi) is 6.47. The lowest BCUT2D eigenvalue weighted by atomic mass is 9.78. The first kappa shape index (κ1) is 21.5. The van der Waals surface area contributed by atoms with Crippen LogP contribution in [0.4, 0.5) is 5.69 Å². The summed E-state index contributed by atoms with van der Waals surface area (Å²) < 4.78 is 2.08. The lowest BCUT2D eigenvalue weighted by Crippen LogP contribution is -2.26. The summed E-state index contributed by atoms with van der Waals surface area (Å²) in [5, 5.41) is 9.58. The van der Waals surface area contributed by atoms with E-state index in [0.29, 0.717) is 5.92 Å². The molecule has 0 bridgehead atoms. The molecule has 5 nitrogen and oxygen atoms in total. The predicted molar refractivity (Wildman–Crippen MR) is 130 cm³/mol. The molecule has 1 N–H and O–H groups in total. The fourth-order valence-electron chi connectivity index (χ4n) is 5.25. The quantitative estimate of drug-likeness (QED) is 0.524. The lowest BCUT2D eigenvalue weighted by Gasteiger charge is -2.28. The first-order valence-corrected chi connectivity index (χ1v) is 12.3. The van der Waals surface area contributed by atoms with Gasteiger partial charge in [0.15, 0.2) is 0 Å². The molecule has 0 spiro atoms. The van der Waals surface area contributed by atoms with Crippen LogP contribution in [0.25, 0.3) is 10.9 Å². The van der Waals surface area contributed by atoms with Crippen molar-refractivity contribution >= 4 is 34.1 Å². The molecule has 2 aromatic carbocycles. The first-order valence-electron chi connectivity index (χ1n) is 11.9. The predicted octanol–water partition coefficient (Wildman–Crippen LogP) is 5.70. The van der Waals surface area contributed by atoms with E-state index in [0.717, 1.165) is 60.4 Å². The number of anilines is 1. The minimum absolute atomic E-state index is 0.0810. The lowest BCUT2D eigenvalue weighted by molar-refractivity contribution is -0.120. The van der Waals surface area contributed by atoms with Crippen molar-refractivity contribution in [3.05, 3.63) is 59.2 Å². The van der Waals surface area contributed by atoms with Crippen molar-refractivity contribution in [3.8, 4) is 0 Å². The molecule has 2 heterocycles. The molecule has 5 rings (SSSR count). The molecule has 1 aliphatic carbocycles. The molecule has 32 heavy (non-hydrogen) atoms. The molecule has 2 aliphatic rings. The second-order valence-corrected chi connectivity index (χ2v) is 9.72. The van der Waals surface area contributed by atoms with Crippen LogP contribution < -0.4 is 5.32 Å². The Morgan fingerprint density at radius 2 is 1.75 bits per heavy atom. The van der Waals surface area contributed by atoms with Crippen LogP contribution in [-0.2, 0) is 11.3 Å². The molecule has 1 aromatic heterocycles. The number of likely N-dealkylation sites (tertiary alicyclic amines) is 1. The molecule has 168 valence electrons. The number of benzene rings is 2. The summed E-state index contributed by atoms with van der Waals surface area (Å²) in [6.45, 7) is 4.37. The molecular weight excluding hydrogens is 420 g/mol. The highest BCUT2D eigenvalue weighted by atomic mass is 35.5. The number of nitrogens with zero attached hydrogens (tertiary/aromatic N) is 3. The number of carbonyl (C=O) groups is 1. The van der Waals surface area contributed by atoms with E-state index in [1.165, 1.54) is 31.5 Å². The minimum atomic E-state index is 0.0810. The monoisotopic (exact) mass is 450 g/mol. The van der Waals surface area contributed by atoms with E-state index in [1.54, 1.807) is 0 Å². The fraction of sp³-hybridized carbons (Fsp3) is 0.462. The standard InChI is InChI=1S/C26H31ClN4O/c27-23-9-7-20(8-10-23)19-3-5-21(6-4-19)26(32)29-24-11-12-25-22(17-24)18-28-31(25)16-15-30-13-1-2-14-30/h7-12,17-19,21H,1-6,13-16H2,(H,29,32). The number of halogens is 1. The van der Waals surface area contributed by atoms with Gasteiger partial charge < -0.3 is 10.2 Å². The average Bonchev–Trinajstić information content (AvgIpc) is 3.48. The van der Waals surface area contributed by atoms with Crippen LogP contribution >= 0.6 is 11.6 Å².